The van der Waals surface area contributed by atoms with Crippen LogP contribution in [0.25, 0.3) is 0 Å². The number of nitrogens with zero attached hydrogens (tertiary/aromatic N) is 1. The highest BCUT2D eigenvalue weighted by Gasteiger charge is 2.31. The summed E-state index contributed by atoms with van der Waals surface area (Å²) in [6, 6.07) is 8.39. The molecule has 3 nitrogen and oxygen atoms in total. The van der Waals surface area contributed by atoms with Crippen LogP contribution in [-0.4, -0.2) is 16.7 Å². The Morgan fingerprint density at radius 3 is 2.38 bits per heavy atom. The molecule has 0 fully saturated rings. The molecule has 4 heteroatoms. The fourth-order valence-corrected chi connectivity index (χ4v) is 2.67. The number of aryl methyl sites for hydroxylation is 2. The van der Waals surface area contributed by atoms with Crippen LogP contribution in [0, 0.1) is 31.1 Å². The van der Waals surface area contributed by atoms with Gasteiger partial charge in [-0.15, -0.1) is 11.8 Å². The maximum atomic E-state index is 12.3. The number of nitriles is 1. The fraction of sp³-hybridized carbons (Fsp3) is 0.529. The van der Waals surface area contributed by atoms with E-state index in [4.69, 9.17) is 0 Å². The van der Waals surface area contributed by atoms with Crippen LogP contribution in [0.3, 0.4) is 0 Å². The molecule has 0 spiro atoms. The molecule has 0 bridgehead atoms. The minimum Gasteiger partial charge on any atom is -0.337 e. The summed E-state index contributed by atoms with van der Waals surface area (Å²) in [5.74, 6) is -0.0405. The van der Waals surface area contributed by atoms with Crippen LogP contribution in [0.2, 0.25) is 0 Å². The number of rotatable bonds is 5. The normalized spacial score (nSPS) is 15.1. The van der Waals surface area contributed by atoms with Gasteiger partial charge in [0.2, 0.25) is 5.91 Å². The number of nitrogens with one attached hydrogen (secondary N) is 1. The topological polar surface area (TPSA) is 52.9 Å². The molecule has 0 aliphatic rings. The Bertz CT molecular complexity index is 562. The average molecular weight is 304 g/mol. The average Bonchev–Trinajstić information content (AvgIpc) is 2.42. The third-order valence-corrected chi connectivity index (χ3v) is 5.02. The Hall–Kier alpha value is -1.47. The Morgan fingerprint density at radius 1 is 1.29 bits per heavy atom. The molecule has 0 aliphatic heterocycles. The summed E-state index contributed by atoms with van der Waals surface area (Å²) in [5, 5.41) is 11.9. The van der Waals surface area contributed by atoms with E-state index in [1.165, 1.54) is 22.9 Å². The van der Waals surface area contributed by atoms with Crippen molar-refractivity contribution in [3.05, 3.63) is 29.3 Å². The van der Waals surface area contributed by atoms with E-state index in [9.17, 15) is 10.1 Å². The van der Waals surface area contributed by atoms with Crippen LogP contribution in [0.4, 0.5) is 0 Å². The van der Waals surface area contributed by atoms with Gasteiger partial charge in [0.25, 0.3) is 0 Å². The van der Waals surface area contributed by atoms with Crippen molar-refractivity contribution in [2.45, 2.75) is 57.2 Å². The lowest BCUT2D eigenvalue weighted by molar-refractivity contribution is -0.121. The zero-order valence-corrected chi connectivity index (χ0v) is 14.5. The lowest BCUT2D eigenvalue weighted by Crippen LogP contribution is -2.51. The molecule has 1 aromatic carbocycles. The van der Waals surface area contributed by atoms with E-state index in [1.54, 1.807) is 6.92 Å². The van der Waals surface area contributed by atoms with Crippen molar-refractivity contribution in [1.82, 2.24) is 5.32 Å². The van der Waals surface area contributed by atoms with Gasteiger partial charge in [0, 0.05) is 4.90 Å². The molecule has 1 rings (SSSR count). The maximum Gasteiger partial charge on any atom is 0.234 e. The van der Waals surface area contributed by atoms with Crippen molar-refractivity contribution in [1.29, 1.82) is 5.26 Å². The van der Waals surface area contributed by atoms with Crippen LogP contribution in [0.5, 0.6) is 0 Å². The lowest BCUT2D eigenvalue weighted by atomic mass is 9.90. The maximum absolute atomic E-state index is 12.3. The Morgan fingerprint density at radius 2 is 1.90 bits per heavy atom. The second-order valence-corrected chi connectivity index (χ2v) is 7.38. The number of carbonyl (C=O) groups is 1. The van der Waals surface area contributed by atoms with Crippen LogP contribution >= 0.6 is 11.8 Å². The Labute approximate surface area is 132 Å². The summed E-state index contributed by atoms with van der Waals surface area (Å²) < 4.78 is 0. The van der Waals surface area contributed by atoms with Crippen LogP contribution in [0.1, 0.15) is 38.8 Å². The molecule has 0 heterocycles. The van der Waals surface area contributed by atoms with Crippen molar-refractivity contribution in [2.24, 2.45) is 5.92 Å². The van der Waals surface area contributed by atoms with Crippen molar-refractivity contribution in [3.63, 3.8) is 0 Å². The number of thioether (sulfide) groups is 1. The largest absolute Gasteiger partial charge is 0.337 e. The molecular formula is C17H24N2OS. The van der Waals surface area contributed by atoms with Crippen LogP contribution in [0.15, 0.2) is 23.1 Å². The SMILES string of the molecule is Cc1ccc(S[C@H](C)C(=O)N[C@](C)(C#N)C(C)C)cc1C. The van der Waals surface area contributed by atoms with Crippen molar-refractivity contribution in [2.75, 3.05) is 0 Å². The first-order chi connectivity index (χ1) is 9.69. The van der Waals surface area contributed by atoms with Gasteiger partial charge in [-0.05, 0) is 56.9 Å². The second-order valence-electron chi connectivity index (χ2n) is 5.96. The molecule has 114 valence electrons. The molecule has 2 atom stereocenters. The van der Waals surface area contributed by atoms with Crippen LogP contribution < -0.4 is 5.32 Å². The van der Waals surface area contributed by atoms with Crippen molar-refractivity contribution in [3.8, 4) is 6.07 Å². The zero-order valence-electron chi connectivity index (χ0n) is 13.7. The smallest absolute Gasteiger partial charge is 0.234 e. The minimum atomic E-state index is -0.824. The summed E-state index contributed by atoms with van der Waals surface area (Å²) in [5.41, 5.74) is 1.64. The number of amides is 1. The van der Waals surface area contributed by atoms with Gasteiger partial charge in [0.05, 0.1) is 11.3 Å². The van der Waals surface area contributed by atoms with Gasteiger partial charge in [-0.2, -0.15) is 5.26 Å². The number of benzene rings is 1. The minimum absolute atomic E-state index is 0.0604. The first-order valence-corrected chi connectivity index (χ1v) is 8.04. The molecule has 0 aliphatic carbocycles. The highest BCUT2D eigenvalue weighted by atomic mass is 32.2. The number of hydrogen-bond donors (Lipinski definition) is 1. The molecule has 0 unspecified atom stereocenters. The van der Waals surface area contributed by atoms with Gasteiger partial charge in [0.1, 0.15) is 5.54 Å². The zero-order chi connectivity index (χ0) is 16.2. The summed E-state index contributed by atoms with van der Waals surface area (Å²) in [6.45, 7) is 11.6. The van der Waals surface area contributed by atoms with Crippen molar-refractivity contribution >= 4 is 17.7 Å². The monoisotopic (exact) mass is 304 g/mol. The van der Waals surface area contributed by atoms with E-state index < -0.39 is 5.54 Å². The second kappa shape index (κ2) is 7.00. The van der Waals surface area contributed by atoms with Gasteiger partial charge >= 0.3 is 0 Å². The predicted octanol–water partition coefficient (Wildman–Crippen LogP) is 3.84. The van der Waals surface area contributed by atoms with E-state index in [2.05, 4.69) is 37.4 Å². The Balaban J connectivity index is 2.75. The molecule has 1 N–H and O–H groups in total. The van der Waals surface area contributed by atoms with Gasteiger partial charge in [-0.1, -0.05) is 19.9 Å². The molecule has 0 aromatic heterocycles. The molecule has 1 aromatic rings. The molecular weight excluding hydrogens is 280 g/mol. The fourth-order valence-electron chi connectivity index (χ4n) is 1.70. The number of hydrogen-bond acceptors (Lipinski definition) is 3. The molecule has 1 amide bonds. The summed E-state index contributed by atoms with van der Waals surface area (Å²) in [7, 11) is 0. The van der Waals surface area contributed by atoms with E-state index in [0.717, 1.165) is 4.90 Å². The first-order valence-electron chi connectivity index (χ1n) is 7.16. The standard InChI is InChI=1S/C17H24N2OS/c1-11(2)17(6,10-18)19-16(20)14(5)21-15-8-7-12(3)13(4)9-15/h7-9,11,14H,1-6H3,(H,19,20)/t14-,17-/m1/s1. The highest BCUT2D eigenvalue weighted by Crippen LogP contribution is 2.26. The molecule has 0 radical (unpaired) electrons. The van der Waals surface area contributed by atoms with E-state index >= 15 is 0 Å². The predicted molar refractivity (Wildman–Crippen MR) is 88.2 cm³/mol. The highest BCUT2D eigenvalue weighted by molar-refractivity contribution is 8.00. The van der Waals surface area contributed by atoms with Gasteiger partial charge < -0.3 is 5.32 Å². The van der Waals surface area contributed by atoms with E-state index in [1.807, 2.05) is 26.8 Å². The van der Waals surface area contributed by atoms with Gasteiger partial charge in [0.15, 0.2) is 0 Å². The van der Waals surface area contributed by atoms with Crippen molar-refractivity contribution < 1.29 is 4.79 Å². The summed E-state index contributed by atoms with van der Waals surface area (Å²) in [6.07, 6.45) is 0. The summed E-state index contributed by atoms with van der Waals surface area (Å²) >= 11 is 1.52. The van der Waals surface area contributed by atoms with E-state index in [0.29, 0.717) is 0 Å². The third kappa shape index (κ3) is 4.50. The Kier molecular flexibility index (Phi) is 5.86. The van der Waals surface area contributed by atoms with Gasteiger partial charge in [-0.25, -0.2) is 0 Å². The van der Waals surface area contributed by atoms with Crippen LogP contribution in [-0.2, 0) is 4.79 Å². The van der Waals surface area contributed by atoms with E-state index in [-0.39, 0.29) is 17.1 Å². The number of carbonyl (C=O) groups excluding carboxylic acids is 1. The summed E-state index contributed by atoms with van der Waals surface area (Å²) in [4.78, 5) is 13.4. The lowest BCUT2D eigenvalue weighted by Gasteiger charge is -2.28. The third-order valence-electron chi connectivity index (χ3n) is 3.93. The van der Waals surface area contributed by atoms with Gasteiger partial charge in [-0.3, -0.25) is 4.79 Å². The molecule has 0 saturated carbocycles. The quantitative estimate of drug-likeness (QED) is 0.841. The molecule has 0 saturated heterocycles. The molecule has 21 heavy (non-hydrogen) atoms. The first kappa shape index (κ1) is 17.6.